The van der Waals surface area contributed by atoms with Crippen molar-refractivity contribution in [1.82, 2.24) is 15.3 Å². The largest absolute Gasteiger partial charge is 0.439 e. The Morgan fingerprint density at radius 1 is 1.41 bits per heavy atom. The third-order valence-corrected chi connectivity index (χ3v) is 3.61. The molecule has 2 aromatic rings. The monoisotopic (exact) mass is 295 g/mol. The molecule has 5 heteroatoms. The van der Waals surface area contributed by atoms with Crippen molar-refractivity contribution in [2.24, 2.45) is 5.92 Å². The fourth-order valence-corrected chi connectivity index (χ4v) is 2.57. The molecule has 3 heterocycles. The van der Waals surface area contributed by atoms with Crippen LogP contribution in [0.2, 0.25) is 0 Å². The molecule has 0 aliphatic carbocycles. The van der Waals surface area contributed by atoms with Gasteiger partial charge in [0.15, 0.2) is 17.1 Å². The lowest BCUT2D eigenvalue weighted by atomic mass is 9.95. The zero-order valence-corrected chi connectivity index (χ0v) is 11.0. The molecule has 0 bridgehead atoms. The summed E-state index contributed by atoms with van der Waals surface area (Å²) in [6, 6.07) is 1.92. The number of piperidine rings is 1. The summed E-state index contributed by atoms with van der Waals surface area (Å²) in [7, 11) is 0. The van der Waals surface area contributed by atoms with Gasteiger partial charge in [0.1, 0.15) is 0 Å². The Morgan fingerprint density at radius 3 is 3.06 bits per heavy atom. The fourth-order valence-electron chi connectivity index (χ4n) is 2.26. The van der Waals surface area contributed by atoms with Gasteiger partial charge in [0.25, 0.3) is 0 Å². The molecule has 1 N–H and O–H groups in total. The second-order valence-corrected chi connectivity index (χ2v) is 5.40. The minimum atomic E-state index is 0.688. The van der Waals surface area contributed by atoms with Crippen LogP contribution in [0, 0.1) is 5.92 Å². The molecular formula is C12H14BrN3O. The lowest BCUT2D eigenvalue weighted by molar-refractivity contribution is 0.346. The summed E-state index contributed by atoms with van der Waals surface area (Å²) >= 11 is 3.38. The van der Waals surface area contributed by atoms with Gasteiger partial charge in [-0.3, -0.25) is 0 Å². The van der Waals surface area contributed by atoms with Crippen molar-refractivity contribution in [3.63, 3.8) is 0 Å². The van der Waals surface area contributed by atoms with Crippen LogP contribution in [0.5, 0.6) is 0 Å². The summed E-state index contributed by atoms with van der Waals surface area (Å²) in [4.78, 5) is 8.66. The van der Waals surface area contributed by atoms with Crippen LogP contribution in [0.3, 0.4) is 0 Å². The molecular weight excluding hydrogens is 282 g/mol. The topological polar surface area (TPSA) is 51.0 Å². The summed E-state index contributed by atoms with van der Waals surface area (Å²) in [5, 5.41) is 3.36. The number of oxazole rings is 1. The van der Waals surface area contributed by atoms with E-state index < -0.39 is 0 Å². The van der Waals surface area contributed by atoms with E-state index in [4.69, 9.17) is 4.42 Å². The van der Waals surface area contributed by atoms with E-state index in [1.165, 1.54) is 12.8 Å². The van der Waals surface area contributed by atoms with Gasteiger partial charge in [-0.15, -0.1) is 0 Å². The van der Waals surface area contributed by atoms with Crippen molar-refractivity contribution in [2.45, 2.75) is 19.3 Å². The Kier molecular flexibility index (Phi) is 3.11. The second kappa shape index (κ2) is 4.74. The van der Waals surface area contributed by atoms with E-state index in [0.29, 0.717) is 11.6 Å². The molecule has 1 aliphatic heterocycles. The molecule has 4 nitrogen and oxygen atoms in total. The standard InChI is InChI=1S/C12H14BrN3O/c13-9-6-10-12(15-7-9)16-11(17-10)5-8-1-3-14-4-2-8/h6-8,14H,1-5H2. The third-order valence-electron chi connectivity index (χ3n) is 3.18. The number of nitrogens with zero attached hydrogens (tertiary/aromatic N) is 2. The Labute approximate surface area is 108 Å². The Hall–Kier alpha value is -0.940. The van der Waals surface area contributed by atoms with Gasteiger partial charge in [-0.05, 0) is 47.8 Å². The maximum atomic E-state index is 5.73. The van der Waals surface area contributed by atoms with Gasteiger partial charge >= 0.3 is 0 Å². The predicted molar refractivity (Wildman–Crippen MR) is 68.8 cm³/mol. The first-order valence-electron chi connectivity index (χ1n) is 5.93. The number of hydrogen-bond acceptors (Lipinski definition) is 4. The summed E-state index contributed by atoms with van der Waals surface area (Å²) in [6.45, 7) is 2.21. The van der Waals surface area contributed by atoms with Crippen molar-refractivity contribution in [2.75, 3.05) is 13.1 Å². The number of pyridine rings is 1. The molecule has 1 aliphatic rings. The van der Waals surface area contributed by atoms with Gasteiger partial charge < -0.3 is 9.73 Å². The van der Waals surface area contributed by atoms with Crippen molar-refractivity contribution < 1.29 is 4.42 Å². The van der Waals surface area contributed by atoms with Gasteiger partial charge in [0.2, 0.25) is 0 Å². The molecule has 17 heavy (non-hydrogen) atoms. The van der Waals surface area contributed by atoms with E-state index in [0.717, 1.165) is 35.5 Å². The Balaban J connectivity index is 1.80. The third kappa shape index (κ3) is 2.50. The van der Waals surface area contributed by atoms with Crippen molar-refractivity contribution in [3.05, 3.63) is 22.6 Å². The van der Waals surface area contributed by atoms with Crippen molar-refractivity contribution in [1.29, 1.82) is 0 Å². The highest BCUT2D eigenvalue weighted by molar-refractivity contribution is 9.10. The van der Waals surface area contributed by atoms with E-state index in [1.54, 1.807) is 6.20 Å². The van der Waals surface area contributed by atoms with Gasteiger partial charge in [-0.2, -0.15) is 4.98 Å². The van der Waals surface area contributed by atoms with Crippen molar-refractivity contribution >= 4 is 27.2 Å². The maximum Gasteiger partial charge on any atom is 0.198 e. The normalized spacial score (nSPS) is 17.7. The van der Waals surface area contributed by atoms with E-state index in [2.05, 4.69) is 31.2 Å². The van der Waals surface area contributed by atoms with Crippen LogP contribution in [0.25, 0.3) is 11.2 Å². The molecule has 0 amide bonds. The number of rotatable bonds is 2. The van der Waals surface area contributed by atoms with Crippen molar-refractivity contribution in [3.8, 4) is 0 Å². The Bertz CT molecular complexity index is 519. The first kappa shape index (κ1) is 11.2. The second-order valence-electron chi connectivity index (χ2n) is 4.48. The molecule has 2 aromatic heterocycles. The quantitative estimate of drug-likeness (QED) is 0.925. The highest BCUT2D eigenvalue weighted by Crippen LogP contribution is 2.22. The lowest BCUT2D eigenvalue weighted by Gasteiger charge is -2.20. The molecule has 0 atom stereocenters. The first-order chi connectivity index (χ1) is 8.31. The molecule has 1 fully saturated rings. The average molecular weight is 296 g/mol. The molecule has 1 saturated heterocycles. The minimum absolute atomic E-state index is 0.688. The number of hydrogen-bond donors (Lipinski definition) is 1. The fraction of sp³-hybridized carbons (Fsp3) is 0.500. The molecule has 0 spiro atoms. The molecule has 90 valence electrons. The molecule has 0 radical (unpaired) electrons. The number of nitrogens with one attached hydrogen (secondary N) is 1. The highest BCUT2D eigenvalue weighted by Gasteiger charge is 2.17. The average Bonchev–Trinajstić information content (AvgIpc) is 2.71. The Morgan fingerprint density at radius 2 is 2.24 bits per heavy atom. The van der Waals surface area contributed by atoms with E-state index in [-0.39, 0.29) is 0 Å². The molecule has 0 saturated carbocycles. The minimum Gasteiger partial charge on any atom is -0.439 e. The van der Waals surface area contributed by atoms with Crippen LogP contribution in [-0.2, 0) is 6.42 Å². The molecule has 0 unspecified atom stereocenters. The number of aromatic nitrogens is 2. The van der Waals surface area contributed by atoms with Crippen LogP contribution in [-0.4, -0.2) is 23.1 Å². The molecule has 3 rings (SSSR count). The van der Waals surface area contributed by atoms with Gasteiger partial charge in [0.05, 0.1) is 0 Å². The predicted octanol–water partition coefficient (Wildman–Crippen LogP) is 2.53. The van der Waals surface area contributed by atoms with E-state index >= 15 is 0 Å². The van der Waals surface area contributed by atoms with Crippen LogP contribution in [0.1, 0.15) is 18.7 Å². The zero-order valence-electron chi connectivity index (χ0n) is 9.45. The van der Waals surface area contributed by atoms with Gasteiger partial charge in [-0.25, -0.2) is 4.98 Å². The lowest BCUT2D eigenvalue weighted by Crippen LogP contribution is -2.28. The SMILES string of the molecule is Brc1cnc2nc(CC3CCNCC3)oc2c1. The van der Waals surface area contributed by atoms with E-state index in [1.807, 2.05) is 6.07 Å². The summed E-state index contributed by atoms with van der Waals surface area (Å²) in [6.07, 6.45) is 5.08. The zero-order chi connectivity index (χ0) is 11.7. The van der Waals surface area contributed by atoms with Crippen LogP contribution in [0.4, 0.5) is 0 Å². The first-order valence-corrected chi connectivity index (χ1v) is 6.72. The summed E-state index contributed by atoms with van der Waals surface area (Å²) < 4.78 is 6.65. The molecule has 0 aromatic carbocycles. The van der Waals surface area contributed by atoms with Crippen LogP contribution in [0.15, 0.2) is 21.2 Å². The van der Waals surface area contributed by atoms with Gasteiger partial charge in [0, 0.05) is 23.2 Å². The van der Waals surface area contributed by atoms with Gasteiger partial charge in [-0.1, -0.05) is 0 Å². The van der Waals surface area contributed by atoms with E-state index in [9.17, 15) is 0 Å². The highest BCUT2D eigenvalue weighted by atomic mass is 79.9. The van der Waals surface area contributed by atoms with Crippen LogP contribution >= 0.6 is 15.9 Å². The number of fused-ring (bicyclic) bond motifs is 1. The smallest absolute Gasteiger partial charge is 0.198 e. The summed E-state index contributed by atoms with van der Waals surface area (Å²) in [5.41, 5.74) is 1.47. The van der Waals surface area contributed by atoms with Crippen LogP contribution < -0.4 is 5.32 Å². The maximum absolute atomic E-state index is 5.73. The number of halogens is 1. The summed E-state index contributed by atoms with van der Waals surface area (Å²) in [5.74, 6) is 1.50.